The van der Waals surface area contributed by atoms with Crippen LogP contribution in [0.4, 0.5) is 0 Å². The van der Waals surface area contributed by atoms with Crippen molar-refractivity contribution in [2.75, 3.05) is 33.3 Å². The molecule has 25 heavy (non-hydrogen) atoms. The molecule has 2 heterocycles. The molecular formula is C19H33N5O. The predicted molar refractivity (Wildman–Crippen MR) is 103 cm³/mol. The molecule has 1 aromatic rings. The molecule has 0 atom stereocenters. The van der Waals surface area contributed by atoms with Crippen molar-refractivity contribution in [2.24, 2.45) is 4.99 Å². The van der Waals surface area contributed by atoms with Gasteiger partial charge in [0.15, 0.2) is 5.96 Å². The summed E-state index contributed by atoms with van der Waals surface area (Å²) in [7, 11) is 1.82. The van der Waals surface area contributed by atoms with Gasteiger partial charge in [0, 0.05) is 38.9 Å². The average Bonchev–Trinajstić information content (AvgIpc) is 2.61. The van der Waals surface area contributed by atoms with Gasteiger partial charge in [0.2, 0.25) is 0 Å². The van der Waals surface area contributed by atoms with Gasteiger partial charge in [0.25, 0.3) is 0 Å². The van der Waals surface area contributed by atoms with Crippen LogP contribution in [0.3, 0.4) is 0 Å². The van der Waals surface area contributed by atoms with Gasteiger partial charge in [-0.2, -0.15) is 0 Å². The van der Waals surface area contributed by atoms with Gasteiger partial charge < -0.3 is 20.3 Å². The number of aromatic nitrogens is 1. The maximum atomic E-state index is 5.64. The van der Waals surface area contributed by atoms with E-state index in [0.717, 1.165) is 50.7 Å². The lowest BCUT2D eigenvalue weighted by atomic mass is 10.1. The molecule has 0 radical (unpaired) electrons. The molecule has 0 spiro atoms. The minimum atomic E-state index is 0.316. The van der Waals surface area contributed by atoms with Gasteiger partial charge in [-0.25, -0.2) is 0 Å². The maximum Gasteiger partial charge on any atom is 0.191 e. The standard InChI is InChI=1S/C19H33N5O/c1-15(2)25-13-12-24-10-7-17(8-11-24)23-19(20-4)22-14-18-16(3)6-5-9-21-18/h5-6,9,15,17H,7-8,10-14H2,1-4H3,(H2,20,22,23). The first-order valence-corrected chi connectivity index (χ1v) is 9.30. The summed E-state index contributed by atoms with van der Waals surface area (Å²) in [6.45, 7) is 11.0. The fourth-order valence-corrected chi connectivity index (χ4v) is 2.98. The molecule has 1 fully saturated rings. The Morgan fingerprint density at radius 3 is 2.80 bits per heavy atom. The molecule has 2 N–H and O–H groups in total. The van der Waals surface area contributed by atoms with Crippen LogP contribution in [-0.2, 0) is 11.3 Å². The number of guanidine groups is 1. The van der Waals surface area contributed by atoms with Crippen molar-refractivity contribution >= 4 is 5.96 Å². The lowest BCUT2D eigenvalue weighted by molar-refractivity contribution is 0.0532. The number of nitrogens with one attached hydrogen (secondary N) is 2. The van der Waals surface area contributed by atoms with Crippen molar-refractivity contribution in [1.29, 1.82) is 0 Å². The van der Waals surface area contributed by atoms with E-state index in [1.165, 1.54) is 5.56 Å². The van der Waals surface area contributed by atoms with E-state index < -0.39 is 0 Å². The molecule has 0 bridgehead atoms. The largest absolute Gasteiger partial charge is 0.377 e. The van der Waals surface area contributed by atoms with Gasteiger partial charge in [-0.05, 0) is 45.2 Å². The fourth-order valence-electron chi connectivity index (χ4n) is 2.98. The molecule has 6 heteroatoms. The predicted octanol–water partition coefficient (Wildman–Crippen LogP) is 1.94. The van der Waals surface area contributed by atoms with Crippen LogP contribution >= 0.6 is 0 Å². The number of nitrogens with zero attached hydrogens (tertiary/aromatic N) is 3. The number of piperidine rings is 1. The maximum absolute atomic E-state index is 5.64. The van der Waals surface area contributed by atoms with E-state index in [9.17, 15) is 0 Å². The zero-order valence-corrected chi connectivity index (χ0v) is 16.1. The third kappa shape index (κ3) is 7.00. The molecule has 0 aliphatic carbocycles. The van der Waals surface area contributed by atoms with Gasteiger partial charge >= 0.3 is 0 Å². The first-order valence-electron chi connectivity index (χ1n) is 9.30. The summed E-state index contributed by atoms with van der Waals surface area (Å²) < 4.78 is 5.64. The Morgan fingerprint density at radius 1 is 1.40 bits per heavy atom. The van der Waals surface area contributed by atoms with Gasteiger partial charge in [-0.15, -0.1) is 0 Å². The van der Waals surface area contributed by atoms with Crippen LogP contribution in [-0.4, -0.2) is 61.3 Å². The first kappa shape index (κ1) is 19.7. The van der Waals surface area contributed by atoms with E-state index in [2.05, 4.69) is 52.3 Å². The Labute approximate surface area is 152 Å². The molecule has 140 valence electrons. The van der Waals surface area contributed by atoms with Crippen LogP contribution in [0.2, 0.25) is 0 Å². The Balaban J connectivity index is 1.69. The summed E-state index contributed by atoms with van der Waals surface area (Å²) in [6.07, 6.45) is 4.41. The average molecular weight is 348 g/mol. The Morgan fingerprint density at radius 2 is 2.16 bits per heavy atom. The highest BCUT2D eigenvalue weighted by atomic mass is 16.5. The van der Waals surface area contributed by atoms with E-state index in [4.69, 9.17) is 4.74 Å². The number of likely N-dealkylation sites (tertiary alicyclic amines) is 1. The second-order valence-electron chi connectivity index (χ2n) is 6.87. The summed E-state index contributed by atoms with van der Waals surface area (Å²) >= 11 is 0. The van der Waals surface area contributed by atoms with Crippen molar-refractivity contribution < 1.29 is 4.74 Å². The van der Waals surface area contributed by atoms with Crippen LogP contribution in [0.25, 0.3) is 0 Å². The highest BCUT2D eigenvalue weighted by molar-refractivity contribution is 5.79. The van der Waals surface area contributed by atoms with E-state index in [1.807, 2.05) is 19.3 Å². The molecule has 0 amide bonds. The molecule has 1 aromatic heterocycles. The number of hydrogen-bond donors (Lipinski definition) is 2. The topological polar surface area (TPSA) is 61.8 Å². The van der Waals surface area contributed by atoms with Crippen molar-refractivity contribution in [1.82, 2.24) is 20.5 Å². The van der Waals surface area contributed by atoms with Gasteiger partial charge in [-0.3, -0.25) is 9.98 Å². The minimum absolute atomic E-state index is 0.316. The summed E-state index contributed by atoms with van der Waals surface area (Å²) in [4.78, 5) is 11.2. The van der Waals surface area contributed by atoms with Crippen molar-refractivity contribution in [3.63, 3.8) is 0 Å². The third-order valence-electron chi connectivity index (χ3n) is 4.55. The van der Waals surface area contributed by atoms with E-state index in [0.29, 0.717) is 18.7 Å². The van der Waals surface area contributed by atoms with E-state index in [-0.39, 0.29) is 0 Å². The zero-order chi connectivity index (χ0) is 18.1. The van der Waals surface area contributed by atoms with Gasteiger partial charge in [0.05, 0.1) is 24.9 Å². The second-order valence-corrected chi connectivity index (χ2v) is 6.87. The number of hydrogen-bond acceptors (Lipinski definition) is 4. The van der Waals surface area contributed by atoms with E-state index in [1.54, 1.807) is 0 Å². The van der Waals surface area contributed by atoms with Gasteiger partial charge in [0.1, 0.15) is 0 Å². The van der Waals surface area contributed by atoms with Crippen molar-refractivity contribution in [2.45, 2.75) is 52.3 Å². The van der Waals surface area contributed by atoms with Crippen LogP contribution in [0, 0.1) is 6.92 Å². The highest BCUT2D eigenvalue weighted by Gasteiger charge is 2.19. The lowest BCUT2D eigenvalue weighted by Gasteiger charge is -2.33. The molecule has 0 unspecified atom stereocenters. The molecule has 6 nitrogen and oxygen atoms in total. The highest BCUT2D eigenvalue weighted by Crippen LogP contribution is 2.10. The van der Waals surface area contributed by atoms with Crippen molar-refractivity contribution in [3.05, 3.63) is 29.6 Å². The molecule has 1 saturated heterocycles. The summed E-state index contributed by atoms with van der Waals surface area (Å²) in [6, 6.07) is 4.52. The second kappa shape index (κ2) is 10.4. The zero-order valence-electron chi connectivity index (χ0n) is 16.1. The van der Waals surface area contributed by atoms with Crippen molar-refractivity contribution in [3.8, 4) is 0 Å². The number of pyridine rings is 1. The normalized spacial score (nSPS) is 17.1. The minimum Gasteiger partial charge on any atom is -0.377 e. The smallest absolute Gasteiger partial charge is 0.191 e. The van der Waals surface area contributed by atoms with Gasteiger partial charge in [-0.1, -0.05) is 6.07 Å². The van der Waals surface area contributed by atoms with Crippen LogP contribution in [0.5, 0.6) is 0 Å². The van der Waals surface area contributed by atoms with Crippen LogP contribution < -0.4 is 10.6 Å². The lowest BCUT2D eigenvalue weighted by Crippen LogP contribution is -2.49. The van der Waals surface area contributed by atoms with E-state index >= 15 is 0 Å². The molecule has 0 aromatic carbocycles. The quantitative estimate of drug-likeness (QED) is 0.583. The summed E-state index contributed by atoms with van der Waals surface area (Å²) in [5.74, 6) is 0.853. The Hall–Kier alpha value is -1.66. The molecule has 0 saturated carbocycles. The number of rotatable bonds is 7. The molecular weight excluding hydrogens is 314 g/mol. The summed E-state index contributed by atoms with van der Waals surface area (Å²) in [5.41, 5.74) is 2.26. The molecule has 1 aliphatic rings. The molecule has 2 rings (SSSR count). The molecule has 1 aliphatic heterocycles. The number of aryl methyl sites for hydroxylation is 1. The Kier molecular flexibility index (Phi) is 8.15. The first-order chi connectivity index (χ1) is 12.1. The number of aliphatic imine (C=N–C) groups is 1. The van der Waals surface area contributed by atoms with Crippen LogP contribution in [0.15, 0.2) is 23.3 Å². The Bertz CT molecular complexity index is 538. The number of ether oxygens (including phenoxy) is 1. The monoisotopic (exact) mass is 347 g/mol. The third-order valence-corrected chi connectivity index (χ3v) is 4.55. The fraction of sp³-hybridized carbons (Fsp3) is 0.684. The summed E-state index contributed by atoms with van der Waals surface area (Å²) in [5, 5.41) is 6.92. The van der Waals surface area contributed by atoms with Crippen LogP contribution in [0.1, 0.15) is 37.9 Å². The SMILES string of the molecule is CN=C(NCc1ncccc1C)NC1CCN(CCOC(C)C)CC1.